The Labute approximate surface area is 186 Å². The maximum absolute atomic E-state index is 15.3. The SMILES string of the molecule is Cc1ccn2c(CC3CN(C(=O)O)CCO3)c(-c3c(F)cc(-n4cncn4)cc3F)nc2c1. The first-order valence-electron chi connectivity index (χ1n) is 10.3. The molecule has 1 atom stereocenters. The third kappa shape index (κ3) is 3.91. The Morgan fingerprint density at radius 3 is 2.76 bits per heavy atom. The van der Waals surface area contributed by atoms with E-state index in [4.69, 9.17) is 4.74 Å². The number of carboxylic acid groups (broad SMARTS) is 1. The van der Waals surface area contributed by atoms with Crippen LogP contribution < -0.4 is 0 Å². The summed E-state index contributed by atoms with van der Waals surface area (Å²) in [5, 5.41) is 13.3. The molecule has 0 spiro atoms. The molecule has 5 rings (SSSR count). The summed E-state index contributed by atoms with van der Waals surface area (Å²) in [7, 11) is 0. The average molecular weight is 454 g/mol. The molecule has 4 aromatic rings. The lowest BCUT2D eigenvalue weighted by Gasteiger charge is -2.31. The number of ether oxygens (including phenoxy) is 1. The smallest absolute Gasteiger partial charge is 0.407 e. The number of hydrogen-bond acceptors (Lipinski definition) is 5. The van der Waals surface area contributed by atoms with Crippen molar-refractivity contribution in [2.75, 3.05) is 19.7 Å². The van der Waals surface area contributed by atoms with E-state index in [0.29, 0.717) is 11.3 Å². The molecule has 4 heterocycles. The number of rotatable bonds is 4. The predicted octanol–water partition coefficient (Wildman–Crippen LogP) is 3.09. The number of pyridine rings is 1. The first kappa shape index (κ1) is 21.0. The van der Waals surface area contributed by atoms with Crippen molar-refractivity contribution in [2.24, 2.45) is 0 Å². The molecule has 0 radical (unpaired) electrons. The van der Waals surface area contributed by atoms with Gasteiger partial charge in [0, 0.05) is 31.3 Å². The maximum Gasteiger partial charge on any atom is 0.407 e. The predicted molar refractivity (Wildman–Crippen MR) is 113 cm³/mol. The minimum atomic E-state index is -1.03. The number of halogens is 2. The van der Waals surface area contributed by atoms with Crippen LogP contribution in [0.25, 0.3) is 22.6 Å². The fraction of sp³-hybridized carbons (Fsp3) is 0.273. The number of imidazole rings is 1. The summed E-state index contributed by atoms with van der Waals surface area (Å²) >= 11 is 0. The average Bonchev–Trinajstić information content (AvgIpc) is 3.42. The van der Waals surface area contributed by atoms with E-state index < -0.39 is 23.8 Å². The molecule has 1 unspecified atom stereocenters. The summed E-state index contributed by atoms with van der Waals surface area (Å²) < 4.78 is 39.3. The lowest BCUT2D eigenvalue weighted by molar-refractivity contribution is -0.0214. The Morgan fingerprint density at radius 2 is 2.06 bits per heavy atom. The zero-order chi connectivity index (χ0) is 23.1. The van der Waals surface area contributed by atoms with E-state index >= 15 is 8.78 Å². The van der Waals surface area contributed by atoms with E-state index in [2.05, 4.69) is 15.1 Å². The molecule has 1 saturated heterocycles. The molecule has 33 heavy (non-hydrogen) atoms. The van der Waals surface area contributed by atoms with Gasteiger partial charge in [-0.2, -0.15) is 5.10 Å². The van der Waals surface area contributed by atoms with Crippen molar-refractivity contribution in [3.63, 3.8) is 0 Å². The zero-order valence-electron chi connectivity index (χ0n) is 17.7. The van der Waals surface area contributed by atoms with Gasteiger partial charge in [-0.1, -0.05) is 0 Å². The Hall–Kier alpha value is -3.86. The van der Waals surface area contributed by atoms with Crippen LogP contribution in [0.15, 0.2) is 43.1 Å². The first-order valence-corrected chi connectivity index (χ1v) is 10.3. The van der Waals surface area contributed by atoms with Crippen LogP contribution in [-0.2, 0) is 11.2 Å². The number of benzene rings is 1. The molecule has 1 fully saturated rings. The normalized spacial score (nSPS) is 16.5. The van der Waals surface area contributed by atoms with Crippen LogP contribution >= 0.6 is 0 Å². The van der Waals surface area contributed by atoms with Crippen LogP contribution in [-0.4, -0.2) is 66.0 Å². The quantitative estimate of drug-likeness (QED) is 0.509. The highest BCUT2D eigenvalue weighted by Crippen LogP contribution is 2.32. The van der Waals surface area contributed by atoms with Gasteiger partial charge in [-0.15, -0.1) is 0 Å². The van der Waals surface area contributed by atoms with E-state index in [0.717, 1.165) is 5.56 Å². The number of fused-ring (bicyclic) bond motifs is 1. The molecule has 0 saturated carbocycles. The van der Waals surface area contributed by atoms with Crippen LogP contribution in [0, 0.1) is 18.6 Å². The highest BCUT2D eigenvalue weighted by molar-refractivity contribution is 5.69. The van der Waals surface area contributed by atoms with Gasteiger partial charge in [0.1, 0.15) is 29.9 Å². The van der Waals surface area contributed by atoms with Crippen molar-refractivity contribution in [1.29, 1.82) is 0 Å². The third-order valence-corrected chi connectivity index (χ3v) is 5.66. The standard InChI is InChI=1S/C22H20F2N6O3/c1-13-2-3-29-18(9-15-10-28(22(31)32)4-5-33-15)21(27-19(29)6-13)20-16(23)7-14(8-17(20)24)30-12-25-11-26-30/h2-3,6-8,11-12,15H,4-5,9-10H2,1H3,(H,31,32). The third-order valence-electron chi connectivity index (χ3n) is 5.66. The van der Waals surface area contributed by atoms with Gasteiger partial charge in [0.15, 0.2) is 0 Å². The Bertz CT molecular complexity index is 1310. The molecule has 1 aromatic carbocycles. The zero-order valence-corrected chi connectivity index (χ0v) is 17.7. The minimum absolute atomic E-state index is 0.150. The fourth-order valence-electron chi connectivity index (χ4n) is 4.08. The number of aromatic nitrogens is 5. The number of carbonyl (C=O) groups is 1. The number of hydrogen-bond donors (Lipinski definition) is 1. The number of morpholine rings is 1. The van der Waals surface area contributed by atoms with E-state index in [1.54, 1.807) is 10.6 Å². The minimum Gasteiger partial charge on any atom is -0.465 e. The molecule has 0 bridgehead atoms. The van der Waals surface area contributed by atoms with Gasteiger partial charge >= 0.3 is 6.09 Å². The van der Waals surface area contributed by atoms with Gasteiger partial charge in [-0.25, -0.2) is 28.2 Å². The molecule has 170 valence electrons. The summed E-state index contributed by atoms with van der Waals surface area (Å²) in [6.07, 6.45) is 3.13. The van der Waals surface area contributed by atoms with Gasteiger partial charge in [0.25, 0.3) is 0 Å². The molecule has 0 aliphatic carbocycles. The largest absolute Gasteiger partial charge is 0.465 e. The summed E-state index contributed by atoms with van der Waals surface area (Å²) in [4.78, 5) is 21.0. The van der Waals surface area contributed by atoms with E-state index in [1.807, 2.05) is 19.1 Å². The summed E-state index contributed by atoms with van der Waals surface area (Å²) in [6, 6.07) is 6.04. The molecular weight excluding hydrogens is 434 g/mol. The lowest BCUT2D eigenvalue weighted by Crippen LogP contribution is -2.45. The molecule has 11 heteroatoms. The van der Waals surface area contributed by atoms with Crippen molar-refractivity contribution < 1.29 is 23.4 Å². The summed E-state index contributed by atoms with van der Waals surface area (Å²) in [5.41, 5.74) is 2.09. The monoisotopic (exact) mass is 454 g/mol. The Morgan fingerprint density at radius 1 is 1.27 bits per heavy atom. The van der Waals surface area contributed by atoms with Crippen molar-refractivity contribution >= 4 is 11.7 Å². The van der Waals surface area contributed by atoms with Gasteiger partial charge in [-0.3, -0.25) is 0 Å². The molecule has 3 aromatic heterocycles. The van der Waals surface area contributed by atoms with E-state index in [1.165, 1.54) is 34.4 Å². The van der Waals surface area contributed by atoms with Crippen LogP contribution in [0.5, 0.6) is 0 Å². The molecule has 1 amide bonds. The summed E-state index contributed by atoms with van der Waals surface area (Å²) in [5.74, 6) is -1.59. The fourth-order valence-corrected chi connectivity index (χ4v) is 4.08. The Balaban J connectivity index is 1.61. The van der Waals surface area contributed by atoms with Crippen molar-refractivity contribution in [2.45, 2.75) is 19.4 Å². The van der Waals surface area contributed by atoms with Crippen LogP contribution in [0.4, 0.5) is 13.6 Å². The lowest BCUT2D eigenvalue weighted by atomic mass is 10.0. The number of nitrogens with zero attached hydrogens (tertiary/aromatic N) is 6. The van der Waals surface area contributed by atoms with E-state index in [9.17, 15) is 9.90 Å². The second kappa shape index (κ2) is 8.24. The second-order valence-corrected chi connectivity index (χ2v) is 7.89. The van der Waals surface area contributed by atoms with Gasteiger partial charge in [-0.05, 0) is 24.6 Å². The van der Waals surface area contributed by atoms with Crippen LogP contribution in [0.3, 0.4) is 0 Å². The maximum atomic E-state index is 15.3. The first-order chi connectivity index (χ1) is 15.9. The molecule has 1 aliphatic rings. The van der Waals surface area contributed by atoms with Crippen LogP contribution in [0.2, 0.25) is 0 Å². The molecule has 1 aliphatic heterocycles. The van der Waals surface area contributed by atoms with E-state index in [-0.39, 0.29) is 43.1 Å². The second-order valence-electron chi connectivity index (χ2n) is 7.89. The van der Waals surface area contributed by atoms with Gasteiger partial charge in [0.2, 0.25) is 0 Å². The Kier molecular flexibility index (Phi) is 5.25. The topological polar surface area (TPSA) is 97.8 Å². The highest BCUT2D eigenvalue weighted by atomic mass is 19.1. The van der Waals surface area contributed by atoms with Gasteiger partial charge in [0.05, 0.1) is 41.9 Å². The number of aryl methyl sites for hydroxylation is 1. The van der Waals surface area contributed by atoms with Crippen molar-refractivity contribution in [1.82, 2.24) is 29.0 Å². The molecular formula is C22H20F2N6O3. The number of amides is 1. The van der Waals surface area contributed by atoms with Gasteiger partial charge < -0.3 is 19.1 Å². The molecule has 9 nitrogen and oxygen atoms in total. The van der Waals surface area contributed by atoms with Crippen molar-refractivity contribution in [3.8, 4) is 16.9 Å². The molecule has 1 N–H and O–H groups in total. The summed E-state index contributed by atoms with van der Waals surface area (Å²) in [6.45, 7) is 2.58. The van der Waals surface area contributed by atoms with Crippen LogP contribution in [0.1, 0.15) is 11.3 Å². The highest BCUT2D eigenvalue weighted by Gasteiger charge is 2.28. The van der Waals surface area contributed by atoms with Crippen molar-refractivity contribution in [3.05, 3.63) is 66.0 Å².